The van der Waals surface area contributed by atoms with E-state index >= 15 is 0 Å². The molecule has 4 N–H and O–H groups in total. The molecule has 0 saturated carbocycles. The van der Waals surface area contributed by atoms with Crippen molar-refractivity contribution < 1.29 is 27.8 Å². The molecule has 0 radical (unpaired) electrons. The number of carbonyl (C=O) groups is 2. The quantitative estimate of drug-likeness (QED) is 0.290. The number of rotatable bonds is 9. The van der Waals surface area contributed by atoms with Gasteiger partial charge in [-0.05, 0) is 37.6 Å². The van der Waals surface area contributed by atoms with E-state index in [9.17, 15) is 18.4 Å². The summed E-state index contributed by atoms with van der Waals surface area (Å²) in [7, 11) is 0. The molecule has 13 heteroatoms. The lowest BCUT2D eigenvalue weighted by Gasteiger charge is -2.28. The Kier molecular flexibility index (Phi) is 7.51. The van der Waals surface area contributed by atoms with Gasteiger partial charge in [0, 0.05) is 17.0 Å². The van der Waals surface area contributed by atoms with Crippen LogP contribution in [0.5, 0.6) is 5.75 Å². The molecule has 2 heterocycles. The van der Waals surface area contributed by atoms with Gasteiger partial charge >= 0.3 is 18.6 Å². The lowest BCUT2D eigenvalue weighted by atomic mass is 10.0. The summed E-state index contributed by atoms with van der Waals surface area (Å²) in [5, 5.41) is 13.8. The molecule has 1 aliphatic heterocycles. The molecule has 1 aromatic carbocycles. The lowest BCUT2D eigenvalue weighted by molar-refractivity contribution is -0.139. The number of urea groups is 1. The minimum atomic E-state index is -2.92. The predicted octanol–water partition coefficient (Wildman–Crippen LogP) is 2.26. The number of nitrogens with one attached hydrogen (secondary N) is 2. The Hall–Kier alpha value is -3.35. The molecular weight excluding hydrogens is 446 g/mol. The fourth-order valence-electron chi connectivity index (χ4n) is 3.07. The number of nitrogens with two attached hydrogens (primary N) is 1. The van der Waals surface area contributed by atoms with Crippen LogP contribution in [0, 0.1) is 0 Å². The van der Waals surface area contributed by atoms with E-state index in [1.807, 2.05) is 6.92 Å². The Labute approximate surface area is 186 Å². The maximum atomic E-state index is 12.5. The van der Waals surface area contributed by atoms with Crippen LogP contribution in [0.25, 0.3) is 11.4 Å². The molecule has 0 aliphatic carbocycles. The summed E-state index contributed by atoms with van der Waals surface area (Å²) in [5.74, 6) is 6.09. The Balaban J connectivity index is 1.79. The molecule has 0 saturated heterocycles. The molecule has 1 atom stereocenters. The van der Waals surface area contributed by atoms with E-state index in [-0.39, 0.29) is 18.1 Å². The van der Waals surface area contributed by atoms with Crippen LogP contribution in [0.15, 0.2) is 40.7 Å². The summed E-state index contributed by atoms with van der Waals surface area (Å²) in [6.07, 6.45) is 0.512. The second-order valence-electron chi connectivity index (χ2n) is 6.54. The Morgan fingerprint density at radius 1 is 1.28 bits per heavy atom. The molecule has 0 bridgehead atoms. The number of halogens is 2. The number of benzene rings is 1. The van der Waals surface area contributed by atoms with E-state index < -0.39 is 24.7 Å². The van der Waals surface area contributed by atoms with E-state index in [1.165, 1.54) is 40.7 Å². The number of esters is 1. The standard InChI is InChI=1S/C19H22F2N6O4S/c1-3-12-14(16(28)30-4-2)13(24-18(29)23-12)9-32-19-26-25-15(27(19)22)10-5-7-11(8-6-10)31-17(20)21/h5-8,12,17H,3-4,9,22H2,1-2H3,(H2,23,24,29)/t12-/m0/s1. The maximum Gasteiger partial charge on any atom is 0.387 e. The number of ether oxygens (including phenoxy) is 2. The molecule has 32 heavy (non-hydrogen) atoms. The zero-order valence-corrected chi connectivity index (χ0v) is 18.1. The van der Waals surface area contributed by atoms with Gasteiger partial charge < -0.3 is 25.9 Å². The van der Waals surface area contributed by atoms with Gasteiger partial charge in [0.05, 0.1) is 18.2 Å². The molecule has 2 amide bonds. The van der Waals surface area contributed by atoms with Gasteiger partial charge in [-0.2, -0.15) is 8.78 Å². The molecule has 0 spiro atoms. The zero-order valence-electron chi connectivity index (χ0n) is 17.3. The van der Waals surface area contributed by atoms with Gasteiger partial charge in [0.2, 0.25) is 5.16 Å². The number of carbonyl (C=O) groups excluding carboxylic acids is 2. The first-order chi connectivity index (χ1) is 15.3. The minimum Gasteiger partial charge on any atom is -0.463 e. The highest BCUT2D eigenvalue weighted by atomic mass is 32.2. The summed E-state index contributed by atoms with van der Waals surface area (Å²) in [5.41, 5.74) is 1.29. The van der Waals surface area contributed by atoms with E-state index in [1.54, 1.807) is 6.92 Å². The van der Waals surface area contributed by atoms with Gasteiger partial charge in [-0.3, -0.25) is 0 Å². The van der Waals surface area contributed by atoms with Crippen molar-refractivity contribution in [2.75, 3.05) is 18.2 Å². The molecule has 1 aliphatic rings. The normalized spacial score (nSPS) is 16.0. The van der Waals surface area contributed by atoms with Crippen molar-refractivity contribution in [2.24, 2.45) is 0 Å². The predicted molar refractivity (Wildman–Crippen MR) is 112 cm³/mol. The van der Waals surface area contributed by atoms with Gasteiger partial charge in [-0.25, -0.2) is 14.3 Å². The molecule has 3 rings (SSSR count). The molecule has 172 valence electrons. The van der Waals surface area contributed by atoms with E-state index in [0.717, 1.165) is 0 Å². The van der Waals surface area contributed by atoms with Gasteiger partial charge in [0.15, 0.2) is 5.82 Å². The first-order valence-electron chi connectivity index (χ1n) is 9.70. The topological polar surface area (TPSA) is 133 Å². The third-order valence-electron chi connectivity index (χ3n) is 4.49. The van der Waals surface area contributed by atoms with Crippen LogP contribution < -0.4 is 21.2 Å². The average Bonchev–Trinajstić information content (AvgIpc) is 3.12. The van der Waals surface area contributed by atoms with E-state index in [2.05, 4.69) is 25.6 Å². The number of nitrogens with zero attached hydrogens (tertiary/aromatic N) is 3. The van der Waals surface area contributed by atoms with Crippen molar-refractivity contribution in [3.05, 3.63) is 35.5 Å². The smallest absolute Gasteiger partial charge is 0.387 e. The Morgan fingerprint density at radius 2 is 2.00 bits per heavy atom. The summed E-state index contributed by atoms with van der Waals surface area (Å²) >= 11 is 1.17. The Bertz CT molecular complexity index is 1010. The largest absolute Gasteiger partial charge is 0.463 e. The van der Waals surface area contributed by atoms with Crippen molar-refractivity contribution in [1.82, 2.24) is 25.5 Å². The highest BCUT2D eigenvalue weighted by Crippen LogP contribution is 2.27. The van der Waals surface area contributed by atoms with Crippen LogP contribution in [0.1, 0.15) is 20.3 Å². The number of nitrogen functional groups attached to an aromatic ring is 1. The first-order valence-corrected chi connectivity index (χ1v) is 10.7. The van der Waals surface area contributed by atoms with Crippen molar-refractivity contribution in [3.8, 4) is 17.1 Å². The van der Waals surface area contributed by atoms with Gasteiger partial charge in [0.1, 0.15) is 5.75 Å². The number of aromatic nitrogens is 3. The second kappa shape index (κ2) is 10.3. The first kappa shape index (κ1) is 23.3. The van der Waals surface area contributed by atoms with Gasteiger partial charge in [-0.15, -0.1) is 10.2 Å². The summed E-state index contributed by atoms with van der Waals surface area (Å²) in [4.78, 5) is 24.4. The van der Waals surface area contributed by atoms with Crippen LogP contribution in [0.3, 0.4) is 0 Å². The number of alkyl halides is 2. The van der Waals surface area contributed by atoms with Crippen molar-refractivity contribution in [3.63, 3.8) is 0 Å². The molecule has 2 aromatic rings. The minimum absolute atomic E-state index is 0.00648. The highest BCUT2D eigenvalue weighted by molar-refractivity contribution is 7.99. The number of amides is 2. The highest BCUT2D eigenvalue weighted by Gasteiger charge is 2.31. The maximum absolute atomic E-state index is 12.5. The molecule has 0 unspecified atom stereocenters. The van der Waals surface area contributed by atoms with Crippen LogP contribution in [-0.2, 0) is 9.53 Å². The third kappa shape index (κ3) is 5.28. The van der Waals surface area contributed by atoms with Crippen LogP contribution in [0.4, 0.5) is 13.6 Å². The summed E-state index contributed by atoms with van der Waals surface area (Å²) in [6.45, 7) is 0.835. The lowest BCUT2D eigenvalue weighted by Crippen LogP contribution is -2.50. The fourth-order valence-corrected chi connectivity index (χ4v) is 3.90. The van der Waals surface area contributed by atoms with Crippen molar-refractivity contribution in [1.29, 1.82) is 0 Å². The van der Waals surface area contributed by atoms with Gasteiger partial charge in [-0.1, -0.05) is 18.7 Å². The van der Waals surface area contributed by atoms with E-state index in [0.29, 0.717) is 34.2 Å². The van der Waals surface area contributed by atoms with Gasteiger partial charge in [0.25, 0.3) is 0 Å². The SMILES string of the molecule is CCOC(=O)C1=C(CSc2nnc(-c3ccc(OC(F)F)cc3)n2N)NC(=O)N[C@H]1CC. The summed E-state index contributed by atoms with van der Waals surface area (Å²) in [6, 6.07) is 4.91. The van der Waals surface area contributed by atoms with Crippen LogP contribution in [-0.4, -0.2) is 51.9 Å². The molecule has 10 nitrogen and oxygen atoms in total. The fraction of sp³-hybridized carbons (Fsp3) is 0.368. The van der Waals surface area contributed by atoms with E-state index in [4.69, 9.17) is 10.6 Å². The molecule has 0 fully saturated rings. The summed E-state index contributed by atoms with van der Waals surface area (Å²) < 4.78 is 35.3. The Morgan fingerprint density at radius 3 is 2.62 bits per heavy atom. The third-order valence-corrected chi connectivity index (χ3v) is 5.46. The second-order valence-corrected chi connectivity index (χ2v) is 7.48. The average molecular weight is 468 g/mol. The monoisotopic (exact) mass is 468 g/mol. The van der Waals surface area contributed by atoms with Crippen molar-refractivity contribution in [2.45, 2.75) is 38.1 Å². The molecule has 1 aromatic heterocycles. The van der Waals surface area contributed by atoms with Crippen LogP contribution in [0.2, 0.25) is 0 Å². The number of thioether (sulfide) groups is 1. The van der Waals surface area contributed by atoms with Crippen LogP contribution >= 0.6 is 11.8 Å². The van der Waals surface area contributed by atoms with Crippen molar-refractivity contribution >= 4 is 23.8 Å². The molecular formula is C19H22F2N6O4S. The number of hydrogen-bond acceptors (Lipinski definition) is 8. The number of hydrogen-bond donors (Lipinski definition) is 3. The zero-order chi connectivity index (χ0) is 23.3.